The molecule has 0 atom stereocenters. The zero-order valence-corrected chi connectivity index (χ0v) is 13.7. The fraction of sp³-hybridized carbons (Fsp3) is 0.211. The number of anilines is 1. The summed E-state index contributed by atoms with van der Waals surface area (Å²) >= 11 is 0. The zero-order chi connectivity index (χ0) is 16.9. The lowest BCUT2D eigenvalue weighted by Gasteiger charge is -2.08. The van der Waals surface area contributed by atoms with Crippen LogP contribution in [0.2, 0.25) is 0 Å². The van der Waals surface area contributed by atoms with E-state index in [1.807, 2.05) is 62.4 Å². The Bertz CT molecular complexity index is 841. The van der Waals surface area contributed by atoms with Gasteiger partial charge in [0.05, 0.1) is 0 Å². The third-order valence-electron chi connectivity index (χ3n) is 3.73. The maximum atomic E-state index is 12.1. The van der Waals surface area contributed by atoms with Gasteiger partial charge in [0.25, 0.3) is 0 Å². The van der Waals surface area contributed by atoms with Crippen molar-refractivity contribution in [1.82, 2.24) is 10.1 Å². The maximum Gasteiger partial charge on any atom is 0.227 e. The van der Waals surface area contributed by atoms with E-state index in [1.54, 1.807) is 0 Å². The first-order chi connectivity index (χ1) is 11.6. The number of hydrogen-bond donors (Lipinski definition) is 1. The Kier molecular flexibility index (Phi) is 4.70. The fourth-order valence-electron chi connectivity index (χ4n) is 2.36. The van der Waals surface area contributed by atoms with E-state index in [2.05, 4.69) is 15.5 Å². The minimum Gasteiger partial charge on any atom is -0.339 e. The van der Waals surface area contributed by atoms with Gasteiger partial charge in [0.15, 0.2) is 0 Å². The van der Waals surface area contributed by atoms with Crippen LogP contribution in [0.3, 0.4) is 0 Å². The molecule has 5 nitrogen and oxygen atoms in total. The van der Waals surface area contributed by atoms with Gasteiger partial charge in [-0.2, -0.15) is 4.98 Å². The second kappa shape index (κ2) is 7.08. The monoisotopic (exact) mass is 321 g/mol. The topological polar surface area (TPSA) is 68.0 Å². The van der Waals surface area contributed by atoms with Crippen molar-refractivity contribution in [3.05, 3.63) is 65.5 Å². The van der Waals surface area contributed by atoms with Crippen LogP contribution in [-0.2, 0) is 11.2 Å². The van der Waals surface area contributed by atoms with Gasteiger partial charge in [-0.15, -0.1) is 0 Å². The largest absolute Gasteiger partial charge is 0.339 e. The Hall–Kier alpha value is -2.95. The summed E-state index contributed by atoms with van der Waals surface area (Å²) in [7, 11) is 0. The second-order valence-electron chi connectivity index (χ2n) is 5.74. The molecule has 1 amide bonds. The molecule has 0 fully saturated rings. The molecule has 0 unspecified atom stereocenters. The Morgan fingerprint density at radius 2 is 1.92 bits per heavy atom. The summed E-state index contributed by atoms with van der Waals surface area (Å²) in [6, 6.07) is 15.6. The molecule has 0 aliphatic rings. The zero-order valence-electron chi connectivity index (χ0n) is 13.7. The number of rotatable bonds is 5. The summed E-state index contributed by atoms with van der Waals surface area (Å²) in [4.78, 5) is 16.5. The van der Waals surface area contributed by atoms with E-state index in [0.29, 0.717) is 24.6 Å². The number of nitrogens with one attached hydrogen (secondary N) is 1. The smallest absolute Gasteiger partial charge is 0.227 e. The lowest BCUT2D eigenvalue weighted by molar-refractivity contribution is -0.116. The third kappa shape index (κ3) is 3.87. The molecule has 0 bridgehead atoms. The molecular formula is C19H19N3O2. The van der Waals surface area contributed by atoms with Crippen molar-refractivity contribution >= 4 is 11.6 Å². The van der Waals surface area contributed by atoms with Gasteiger partial charge in [0.2, 0.25) is 17.6 Å². The summed E-state index contributed by atoms with van der Waals surface area (Å²) in [6.45, 7) is 3.97. The predicted octanol–water partition coefficient (Wildman–Crippen LogP) is 3.92. The summed E-state index contributed by atoms with van der Waals surface area (Å²) in [5, 5.41) is 6.89. The summed E-state index contributed by atoms with van der Waals surface area (Å²) in [5.41, 5.74) is 3.89. The highest BCUT2D eigenvalue weighted by Crippen LogP contribution is 2.18. The standard InChI is InChI=1S/C19H19N3O2/c1-13-8-9-14(2)16(12-13)20-17(23)10-11-18-21-19(22-24-18)15-6-4-3-5-7-15/h3-9,12H,10-11H2,1-2H3,(H,20,23). The first kappa shape index (κ1) is 15.9. The van der Waals surface area contributed by atoms with Crippen LogP contribution in [0.5, 0.6) is 0 Å². The van der Waals surface area contributed by atoms with Crippen molar-refractivity contribution in [2.45, 2.75) is 26.7 Å². The van der Waals surface area contributed by atoms with Gasteiger partial charge < -0.3 is 9.84 Å². The molecule has 3 aromatic rings. The van der Waals surface area contributed by atoms with Crippen molar-refractivity contribution in [3.8, 4) is 11.4 Å². The molecule has 0 radical (unpaired) electrons. The molecule has 0 spiro atoms. The van der Waals surface area contributed by atoms with Crippen LogP contribution in [0.4, 0.5) is 5.69 Å². The number of aryl methyl sites for hydroxylation is 3. The van der Waals surface area contributed by atoms with E-state index in [9.17, 15) is 4.79 Å². The molecule has 24 heavy (non-hydrogen) atoms. The Labute approximate surface area is 140 Å². The lowest BCUT2D eigenvalue weighted by atomic mass is 10.1. The van der Waals surface area contributed by atoms with Crippen LogP contribution in [0.25, 0.3) is 11.4 Å². The highest BCUT2D eigenvalue weighted by atomic mass is 16.5. The average molecular weight is 321 g/mol. The number of aromatic nitrogens is 2. The number of carbonyl (C=O) groups excluding carboxylic acids is 1. The van der Waals surface area contributed by atoms with Crippen molar-refractivity contribution < 1.29 is 9.32 Å². The van der Waals surface area contributed by atoms with Crippen molar-refractivity contribution in [2.75, 3.05) is 5.32 Å². The summed E-state index contributed by atoms with van der Waals surface area (Å²) < 4.78 is 5.22. The van der Waals surface area contributed by atoms with Crippen molar-refractivity contribution in [3.63, 3.8) is 0 Å². The van der Waals surface area contributed by atoms with Gasteiger partial charge in [-0.25, -0.2) is 0 Å². The molecule has 0 saturated heterocycles. The average Bonchev–Trinajstić information content (AvgIpc) is 3.06. The van der Waals surface area contributed by atoms with Gasteiger partial charge in [-0.05, 0) is 31.0 Å². The first-order valence-corrected chi connectivity index (χ1v) is 7.87. The molecule has 3 rings (SSSR count). The summed E-state index contributed by atoms with van der Waals surface area (Å²) in [5.74, 6) is 0.939. The number of amides is 1. The predicted molar refractivity (Wildman–Crippen MR) is 92.6 cm³/mol. The number of benzene rings is 2. The Morgan fingerprint density at radius 3 is 2.71 bits per heavy atom. The molecule has 1 N–H and O–H groups in total. The molecule has 1 aromatic heterocycles. The van der Waals surface area contributed by atoms with E-state index >= 15 is 0 Å². The van der Waals surface area contributed by atoms with Gasteiger partial charge in [-0.3, -0.25) is 4.79 Å². The minimum absolute atomic E-state index is 0.0665. The van der Waals surface area contributed by atoms with E-state index in [4.69, 9.17) is 4.52 Å². The van der Waals surface area contributed by atoms with Crippen LogP contribution in [0, 0.1) is 13.8 Å². The SMILES string of the molecule is Cc1ccc(C)c(NC(=O)CCc2nc(-c3ccccc3)no2)c1. The number of carbonyl (C=O) groups is 1. The van der Waals surface area contributed by atoms with E-state index < -0.39 is 0 Å². The number of hydrogen-bond acceptors (Lipinski definition) is 4. The summed E-state index contributed by atoms with van der Waals surface area (Å²) in [6.07, 6.45) is 0.709. The normalized spacial score (nSPS) is 10.6. The minimum atomic E-state index is -0.0665. The Morgan fingerprint density at radius 1 is 1.12 bits per heavy atom. The Balaban J connectivity index is 1.59. The first-order valence-electron chi connectivity index (χ1n) is 7.87. The molecule has 0 aliphatic heterocycles. The van der Waals surface area contributed by atoms with E-state index in [0.717, 1.165) is 22.4 Å². The lowest BCUT2D eigenvalue weighted by Crippen LogP contribution is -2.13. The van der Waals surface area contributed by atoms with Crippen LogP contribution in [0.1, 0.15) is 23.4 Å². The highest BCUT2D eigenvalue weighted by molar-refractivity contribution is 5.91. The quantitative estimate of drug-likeness (QED) is 0.773. The van der Waals surface area contributed by atoms with Gasteiger partial charge >= 0.3 is 0 Å². The highest BCUT2D eigenvalue weighted by Gasteiger charge is 2.11. The van der Waals surface area contributed by atoms with Crippen molar-refractivity contribution in [1.29, 1.82) is 0 Å². The van der Waals surface area contributed by atoms with E-state index in [1.165, 1.54) is 0 Å². The molecule has 1 heterocycles. The number of nitrogens with zero attached hydrogens (tertiary/aromatic N) is 2. The maximum absolute atomic E-state index is 12.1. The fourth-order valence-corrected chi connectivity index (χ4v) is 2.36. The molecule has 5 heteroatoms. The molecule has 0 aliphatic carbocycles. The van der Waals surface area contributed by atoms with Crippen LogP contribution >= 0.6 is 0 Å². The molecule has 2 aromatic carbocycles. The van der Waals surface area contributed by atoms with Gasteiger partial charge in [0, 0.05) is 24.1 Å². The molecular weight excluding hydrogens is 302 g/mol. The molecule has 122 valence electrons. The van der Waals surface area contributed by atoms with Crippen molar-refractivity contribution in [2.24, 2.45) is 0 Å². The van der Waals surface area contributed by atoms with Gasteiger partial charge in [0.1, 0.15) is 0 Å². The van der Waals surface area contributed by atoms with Crippen LogP contribution in [-0.4, -0.2) is 16.0 Å². The van der Waals surface area contributed by atoms with Crippen LogP contribution < -0.4 is 5.32 Å². The van der Waals surface area contributed by atoms with E-state index in [-0.39, 0.29) is 5.91 Å². The van der Waals surface area contributed by atoms with Crippen LogP contribution in [0.15, 0.2) is 53.1 Å². The third-order valence-corrected chi connectivity index (χ3v) is 3.73. The molecule has 0 saturated carbocycles. The van der Waals surface area contributed by atoms with Gasteiger partial charge in [-0.1, -0.05) is 47.6 Å². The second-order valence-corrected chi connectivity index (χ2v) is 5.74.